The van der Waals surface area contributed by atoms with E-state index in [-0.39, 0.29) is 11.7 Å². The largest absolute Gasteiger partial charge is 0.369 e. The number of aryl methyl sites for hydroxylation is 1. The molecule has 3 N–H and O–H groups in total. The van der Waals surface area contributed by atoms with E-state index in [0.717, 1.165) is 24.0 Å². The first-order valence-electron chi connectivity index (χ1n) is 8.37. The third-order valence-corrected chi connectivity index (χ3v) is 4.92. The van der Waals surface area contributed by atoms with Crippen LogP contribution < -0.4 is 11.1 Å². The second kappa shape index (κ2) is 8.05. The van der Waals surface area contributed by atoms with E-state index in [2.05, 4.69) is 17.2 Å². The van der Waals surface area contributed by atoms with Crippen molar-refractivity contribution in [3.8, 4) is 0 Å². The number of nitrogens with zero attached hydrogens (tertiary/aromatic N) is 2. The number of fused-ring (bicyclic) bond motifs is 1. The van der Waals surface area contributed by atoms with Crippen LogP contribution in [0.4, 0.5) is 5.95 Å². The lowest BCUT2D eigenvalue weighted by atomic mass is 10.2. The molecule has 2 aromatic carbocycles. The van der Waals surface area contributed by atoms with Gasteiger partial charge in [-0.15, -0.1) is 11.8 Å². The molecule has 0 saturated heterocycles. The van der Waals surface area contributed by atoms with E-state index in [1.165, 1.54) is 11.8 Å². The van der Waals surface area contributed by atoms with Gasteiger partial charge in [-0.05, 0) is 30.7 Å². The number of primary amides is 1. The average Bonchev–Trinajstić information content (AvgIpc) is 2.98. The Morgan fingerprint density at radius 1 is 1.15 bits per heavy atom. The zero-order valence-corrected chi connectivity index (χ0v) is 15.3. The number of nitrogens with one attached hydrogen (secondary N) is 1. The molecule has 0 saturated carbocycles. The van der Waals surface area contributed by atoms with Crippen LogP contribution in [-0.2, 0) is 11.3 Å². The van der Waals surface area contributed by atoms with Crippen LogP contribution in [0.2, 0.25) is 0 Å². The van der Waals surface area contributed by atoms with E-state index in [9.17, 15) is 9.59 Å². The average molecular weight is 368 g/mol. The number of hydrogen-bond donors (Lipinski definition) is 2. The van der Waals surface area contributed by atoms with Crippen LogP contribution in [0.1, 0.15) is 23.7 Å². The minimum atomic E-state index is -0.421. The summed E-state index contributed by atoms with van der Waals surface area (Å²) in [5, 5.41) is 2.91. The Bertz CT molecular complexity index is 952. The molecule has 6 nitrogen and oxygen atoms in total. The van der Waals surface area contributed by atoms with E-state index >= 15 is 0 Å². The molecule has 0 radical (unpaired) electrons. The fraction of sp³-hybridized carbons (Fsp3) is 0.211. The van der Waals surface area contributed by atoms with Gasteiger partial charge < -0.3 is 10.3 Å². The number of para-hydroxylation sites is 2. The van der Waals surface area contributed by atoms with Gasteiger partial charge in [0.25, 0.3) is 5.91 Å². The highest BCUT2D eigenvalue weighted by atomic mass is 32.2. The number of amides is 2. The van der Waals surface area contributed by atoms with E-state index in [1.807, 2.05) is 34.9 Å². The summed E-state index contributed by atoms with van der Waals surface area (Å²) in [6, 6.07) is 14.9. The number of carbonyl (C=O) groups is 2. The highest BCUT2D eigenvalue weighted by molar-refractivity contribution is 8.00. The lowest BCUT2D eigenvalue weighted by Gasteiger charge is -2.11. The van der Waals surface area contributed by atoms with Crippen LogP contribution in [0, 0.1) is 0 Å². The Morgan fingerprint density at radius 2 is 1.88 bits per heavy atom. The predicted molar refractivity (Wildman–Crippen MR) is 104 cm³/mol. The van der Waals surface area contributed by atoms with Crippen molar-refractivity contribution in [3.63, 3.8) is 0 Å². The summed E-state index contributed by atoms with van der Waals surface area (Å²) in [6.45, 7) is 2.84. The number of benzene rings is 2. The van der Waals surface area contributed by atoms with Crippen molar-refractivity contribution in [3.05, 3.63) is 54.1 Å². The number of thioether (sulfide) groups is 1. The summed E-state index contributed by atoms with van der Waals surface area (Å²) >= 11 is 1.25. The van der Waals surface area contributed by atoms with Crippen molar-refractivity contribution in [2.75, 3.05) is 11.1 Å². The van der Waals surface area contributed by atoms with Crippen LogP contribution in [0.25, 0.3) is 11.0 Å². The molecule has 0 fully saturated rings. The van der Waals surface area contributed by atoms with Crippen LogP contribution in [0.3, 0.4) is 0 Å². The maximum atomic E-state index is 12.8. The van der Waals surface area contributed by atoms with Gasteiger partial charge in [-0.2, -0.15) is 0 Å². The first-order chi connectivity index (χ1) is 12.6. The van der Waals surface area contributed by atoms with Gasteiger partial charge in [0, 0.05) is 11.4 Å². The highest BCUT2D eigenvalue weighted by Crippen LogP contribution is 2.25. The zero-order valence-electron chi connectivity index (χ0n) is 14.4. The second-order valence-corrected chi connectivity index (χ2v) is 6.80. The Balaban J connectivity index is 1.90. The molecule has 0 aliphatic carbocycles. The number of anilines is 1. The molecule has 0 bridgehead atoms. The van der Waals surface area contributed by atoms with Crippen molar-refractivity contribution >= 4 is 40.6 Å². The third kappa shape index (κ3) is 3.88. The van der Waals surface area contributed by atoms with Gasteiger partial charge in [0.2, 0.25) is 11.9 Å². The fourth-order valence-corrected chi connectivity index (χ4v) is 3.51. The fourth-order valence-electron chi connectivity index (χ4n) is 2.72. The van der Waals surface area contributed by atoms with Crippen molar-refractivity contribution in [2.45, 2.75) is 24.8 Å². The first-order valence-corrected chi connectivity index (χ1v) is 9.35. The molecule has 0 spiro atoms. The van der Waals surface area contributed by atoms with Gasteiger partial charge in [0.15, 0.2) is 0 Å². The smallest absolute Gasteiger partial charge is 0.259 e. The molecule has 0 atom stereocenters. The number of rotatable bonds is 7. The molecular weight excluding hydrogens is 348 g/mol. The number of carbonyl (C=O) groups excluding carboxylic acids is 2. The summed E-state index contributed by atoms with van der Waals surface area (Å²) in [4.78, 5) is 29.1. The molecule has 0 aliphatic rings. The van der Waals surface area contributed by atoms with Crippen LogP contribution in [0.15, 0.2) is 53.4 Å². The second-order valence-electron chi connectivity index (χ2n) is 5.78. The molecule has 7 heteroatoms. The van der Waals surface area contributed by atoms with Crippen molar-refractivity contribution in [1.29, 1.82) is 0 Å². The van der Waals surface area contributed by atoms with Crippen molar-refractivity contribution < 1.29 is 9.59 Å². The monoisotopic (exact) mass is 368 g/mol. The minimum absolute atomic E-state index is 0.124. The van der Waals surface area contributed by atoms with Gasteiger partial charge in [0.05, 0.1) is 22.3 Å². The lowest BCUT2D eigenvalue weighted by Crippen LogP contribution is -2.18. The van der Waals surface area contributed by atoms with Crippen LogP contribution in [0.5, 0.6) is 0 Å². The summed E-state index contributed by atoms with van der Waals surface area (Å²) in [5.74, 6) is -0.0357. The van der Waals surface area contributed by atoms with E-state index in [4.69, 9.17) is 5.73 Å². The number of hydrogen-bond acceptors (Lipinski definition) is 4. The Kier molecular flexibility index (Phi) is 5.58. The molecule has 1 aromatic heterocycles. The molecular formula is C19H20N4O2S. The maximum absolute atomic E-state index is 12.8. The summed E-state index contributed by atoms with van der Waals surface area (Å²) in [6.07, 6.45) is 0.925. The van der Waals surface area contributed by atoms with Crippen LogP contribution >= 0.6 is 11.8 Å². The molecule has 0 unspecified atom stereocenters. The Hall–Kier alpha value is -2.80. The highest BCUT2D eigenvalue weighted by Gasteiger charge is 2.16. The Labute approximate surface area is 155 Å². The standard InChI is InChI=1S/C19H20N4O2S/c1-2-11-23-15-9-5-4-8-14(15)21-19(23)22-18(25)13-7-3-6-10-16(13)26-12-17(20)24/h3-10H,2,11-12H2,1H3,(H2,20,24)(H,21,22,25). The minimum Gasteiger partial charge on any atom is -0.369 e. The number of nitrogens with two attached hydrogens (primary N) is 1. The topological polar surface area (TPSA) is 90.0 Å². The third-order valence-electron chi connectivity index (χ3n) is 3.83. The lowest BCUT2D eigenvalue weighted by molar-refractivity contribution is -0.115. The number of aromatic nitrogens is 2. The van der Waals surface area contributed by atoms with Gasteiger partial charge in [-0.3, -0.25) is 14.9 Å². The molecule has 3 aromatic rings. The SMILES string of the molecule is CCCn1c(NC(=O)c2ccccc2SCC(N)=O)nc2ccccc21. The summed E-state index contributed by atoms with van der Waals surface area (Å²) in [7, 11) is 0. The molecule has 3 rings (SSSR count). The summed E-state index contributed by atoms with van der Waals surface area (Å²) in [5.41, 5.74) is 7.53. The molecule has 26 heavy (non-hydrogen) atoms. The first kappa shape index (κ1) is 18.0. The van der Waals surface area contributed by atoms with E-state index in [1.54, 1.807) is 18.2 Å². The maximum Gasteiger partial charge on any atom is 0.259 e. The van der Waals surface area contributed by atoms with Gasteiger partial charge in [-0.25, -0.2) is 4.98 Å². The predicted octanol–water partition coefficient (Wildman–Crippen LogP) is 3.28. The molecule has 1 heterocycles. The van der Waals surface area contributed by atoms with Crippen molar-refractivity contribution in [2.24, 2.45) is 5.73 Å². The zero-order chi connectivity index (χ0) is 18.5. The van der Waals surface area contributed by atoms with Crippen LogP contribution in [-0.4, -0.2) is 27.1 Å². The molecule has 134 valence electrons. The van der Waals surface area contributed by atoms with Gasteiger partial charge in [-0.1, -0.05) is 31.2 Å². The van der Waals surface area contributed by atoms with Gasteiger partial charge in [0.1, 0.15) is 0 Å². The van der Waals surface area contributed by atoms with E-state index < -0.39 is 5.91 Å². The molecule has 2 amide bonds. The van der Waals surface area contributed by atoms with Crippen molar-refractivity contribution in [1.82, 2.24) is 9.55 Å². The number of imidazole rings is 1. The Morgan fingerprint density at radius 3 is 2.65 bits per heavy atom. The quantitative estimate of drug-likeness (QED) is 0.626. The molecule has 0 aliphatic heterocycles. The van der Waals surface area contributed by atoms with Gasteiger partial charge >= 0.3 is 0 Å². The van der Waals surface area contributed by atoms with E-state index in [0.29, 0.717) is 16.4 Å². The normalized spacial score (nSPS) is 10.8. The summed E-state index contributed by atoms with van der Waals surface area (Å²) < 4.78 is 2.01.